The lowest BCUT2D eigenvalue weighted by Crippen LogP contribution is -2.24. The van der Waals surface area contributed by atoms with E-state index in [0.717, 1.165) is 12.2 Å². The Morgan fingerprint density at radius 1 is 0.839 bits per heavy atom. The number of aryl methyl sites for hydroxylation is 1. The van der Waals surface area contributed by atoms with Gasteiger partial charge < -0.3 is 4.42 Å². The summed E-state index contributed by atoms with van der Waals surface area (Å²) in [4.78, 5) is 0. The Balaban J connectivity index is 0.000000577. The van der Waals surface area contributed by atoms with Gasteiger partial charge in [0.25, 0.3) is 0 Å². The van der Waals surface area contributed by atoms with E-state index in [1.165, 1.54) is 32.7 Å². The highest BCUT2D eigenvalue weighted by molar-refractivity contribution is 14.0. The van der Waals surface area contributed by atoms with Crippen molar-refractivity contribution < 1.29 is 4.42 Å². The molecule has 1 aliphatic carbocycles. The van der Waals surface area contributed by atoms with Crippen molar-refractivity contribution in [3.8, 4) is 0 Å². The van der Waals surface area contributed by atoms with E-state index >= 15 is 0 Å². The van der Waals surface area contributed by atoms with Crippen LogP contribution in [0.25, 0.3) is 17.2 Å². The number of hydrogen-bond acceptors (Lipinski definition) is 1. The molecule has 31 heavy (non-hydrogen) atoms. The molecule has 0 bridgehead atoms. The van der Waals surface area contributed by atoms with Crippen molar-refractivity contribution in [2.45, 2.75) is 48.0 Å². The van der Waals surface area contributed by atoms with Gasteiger partial charge in [0.05, 0.1) is 6.26 Å². The molecule has 0 atom stereocenters. The van der Waals surface area contributed by atoms with E-state index in [9.17, 15) is 0 Å². The lowest BCUT2D eigenvalue weighted by molar-refractivity contribution is 0.534. The van der Waals surface area contributed by atoms with E-state index in [1.807, 2.05) is 46.8 Å². The lowest BCUT2D eigenvalue weighted by Gasteiger charge is -2.04. The Morgan fingerprint density at radius 3 is 1.94 bits per heavy atom. The SMILES string of the molecule is C=C(C)C.CC.CC1=c2ccccc2=CCC(c2ccccc2)=C1.Cc1ccco1.I. The fourth-order valence-electron chi connectivity index (χ4n) is 2.87. The number of allylic oxidation sites excluding steroid dienone is 3. The summed E-state index contributed by atoms with van der Waals surface area (Å²) in [5.74, 6) is 0.968. The average Bonchev–Trinajstić information content (AvgIpc) is 3.17. The van der Waals surface area contributed by atoms with Crippen LogP contribution in [0.5, 0.6) is 0 Å². The van der Waals surface area contributed by atoms with Gasteiger partial charge in [0.1, 0.15) is 5.76 Å². The van der Waals surface area contributed by atoms with Crippen LogP contribution in [-0.4, -0.2) is 0 Å². The second-order valence-electron chi connectivity index (χ2n) is 7.14. The first kappa shape index (κ1) is 28.7. The van der Waals surface area contributed by atoms with Crippen LogP contribution in [0.4, 0.5) is 0 Å². The van der Waals surface area contributed by atoms with E-state index in [1.54, 1.807) is 6.26 Å². The monoisotopic (exact) mass is 528 g/mol. The molecule has 0 fully saturated rings. The maximum Gasteiger partial charge on any atom is 0.100 e. The van der Waals surface area contributed by atoms with Crippen molar-refractivity contribution in [1.29, 1.82) is 0 Å². The molecule has 0 saturated carbocycles. The summed E-state index contributed by atoms with van der Waals surface area (Å²) in [6, 6.07) is 23.0. The Hall–Kier alpha value is -2.33. The summed E-state index contributed by atoms with van der Waals surface area (Å²) >= 11 is 0. The van der Waals surface area contributed by atoms with E-state index < -0.39 is 0 Å². The van der Waals surface area contributed by atoms with Crippen molar-refractivity contribution in [2.24, 2.45) is 0 Å². The molecule has 0 saturated heterocycles. The second-order valence-corrected chi connectivity index (χ2v) is 7.14. The van der Waals surface area contributed by atoms with Gasteiger partial charge in [-0.2, -0.15) is 0 Å². The van der Waals surface area contributed by atoms with Gasteiger partial charge in [-0.15, -0.1) is 30.6 Å². The van der Waals surface area contributed by atoms with E-state index in [2.05, 4.69) is 80.3 Å². The van der Waals surface area contributed by atoms with Crippen molar-refractivity contribution in [3.05, 3.63) is 113 Å². The van der Waals surface area contributed by atoms with Crippen molar-refractivity contribution in [3.63, 3.8) is 0 Å². The van der Waals surface area contributed by atoms with Crippen LogP contribution in [0, 0.1) is 6.92 Å². The van der Waals surface area contributed by atoms with Gasteiger partial charge in [0, 0.05) is 0 Å². The largest absolute Gasteiger partial charge is 0.470 e. The maximum absolute atomic E-state index is 4.83. The molecule has 1 heterocycles. The first-order valence-electron chi connectivity index (χ1n) is 10.6. The number of furan rings is 1. The zero-order valence-electron chi connectivity index (χ0n) is 19.8. The van der Waals surface area contributed by atoms with Crippen LogP contribution in [0.15, 0.2) is 95.6 Å². The first-order chi connectivity index (χ1) is 14.5. The van der Waals surface area contributed by atoms with Crippen LogP contribution in [0.1, 0.15) is 52.4 Å². The van der Waals surface area contributed by atoms with Gasteiger partial charge in [0.15, 0.2) is 0 Å². The molecule has 0 radical (unpaired) electrons. The minimum Gasteiger partial charge on any atom is -0.470 e. The molecular weight excluding hydrogens is 491 g/mol. The molecule has 1 aromatic heterocycles. The first-order valence-corrected chi connectivity index (χ1v) is 10.6. The summed E-state index contributed by atoms with van der Waals surface area (Å²) < 4.78 is 4.83. The minimum absolute atomic E-state index is 0. The predicted octanol–water partition coefficient (Wildman–Crippen LogP) is 7.94. The van der Waals surface area contributed by atoms with E-state index in [0.29, 0.717) is 0 Å². The van der Waals surface area contributed by atoms with Crippen LogP contribution >= 0.6 is 24.0 Å². The number of fused-ring (bicyclic) bond motifs is 1. The molecule has 0 spiro atoms. The normalized spacial score (nSPS) is 11.0. The number of rotatable bonds is 1. The summed E-state index contributed by atoms with van der Waals surface area (Å²) in [6.45, 7) is 15.6. The van der Waals surface area contributed by atoms with Crippen LogP contribution < -0.4 is 10.4 Å². The second kappa shape index (κ2) is 16.4. The number of benzene rings is 2. The number of halogens is 1. The Kier molecular flexibility index (Phi) is 15.1. The highest BCUT2D eigenvalue weighted by atomic mass is 127. The molecule has 4 rings (SSSR count). The number of hydrogen-bond donors (Lipinski definition) is 0. The molecule has 0 N–H and O–H groups in total. The molecule has 3 aromatic rings. The highest BCUT2D eigenvalue weighted by Crippen LogP contribution is 2.21. The zero-order valence-corrected chi connectivity index (χ0v) is 22.1. The molecular formula is C29H37IO. The fourth-order valence-corrected chi connectivity index (χ4v) is 2.87. The molecule has 0 amide bonds. The van der Waals surface area contributed by atoms with Crippen LogP contribution in [0.2, 0.25) is 0 Å². The standard InChI is InChI=1S/C18H16.C5H6O.C4H8.C2H6.HI/c1-14-13-17(15-7-3-2-4-8-15)12-11-16-9-5-6-10-18(14)16;1-5-3-2-4-6-5;1-4(2)3;1-2;/h2-11,13H,12H2,1H3;2-4H,1H3;1H2,2-3H3;1-2H3;1H. The highest BCUT2D eigenvalue weighted by Gasteiger charge is 2.03. The van der Waals surface area contributed by atoms with Crippen molar-refractivity contribution >= 4 is 41.2 Å². The molecule has 166 valence electrons. The van der Waals surface area contributed by atoms with Gasteiger partial charge in [0.2, 0.25) is 0 Å². The average molecular weight is 529 g/mol. The lowest BCUT2D eigenvalue weighted by atomic mass is 10.0. The predicted molar refractivity (Wildman–Crippen MR) is 149 cm³/mol. The molecule has 0 aliphatic heterocycles. The Bertz CT molecular complexity index is 1020. The quantitative estimate of drug-likeness (QED) is 0.231. The van der Waals surface area contributed by atoms with Gasteiger partial charge in [-0.05, 0) is 73.4 Å². The third kappa shape index (κ3) is 11.0. The van der Waals surface area contributed by atoms with E-state index in [-0.39, 0.29) is 24.0 Å². The fraction of sp³-hybridized carbons (Fsp3) is 0.241. The van der Waals surface area contributed by atoms with Crippen molar-refractivity contribution in [2.75, 3.05) is 0 Å². The third-order valence-corrected chi connectivity index (χ3v) is 4.13. The topological polar surface area (TPSA) is 13.1 Å². The molecule has 2 aromatic carbocycles. The smallest absolute Gasteiger partial charge is 0.100 e. The van der Waals surface area contributed by atoms with Gasteiger partial charge in [-0.3, -0.25) is 0 Å². The summed E-state index contributed by atoms with van der Waals surface area (Å²) in [6.07, 6.45) is 7.30. The molecule has 1 aliphatic rings. The summed E-state index contributed by atoms with van der Waals surface area (Å²) in [5.41, 5.74) is 5.23. The Labute approximate surface area is 205 Å². The van der Waals surface area contributed by atoms with Crippen LogP contribution in [-0.2, 0) is 0 Å². The van der Waals surface area contributed by atoms with Gasteiger partial charge >= 0.3 is 0 Å². The summed E-state index contributed by atoms with van der Waals surface area (Å²) in [7, 11) is 0. The van der Waals surface area contributed by atoms with E-state index in [4.69, 9.17) is 4.42 Å². The maximum atomic E-state index is 4.83. The third-order valence-electron chi connectivity index (χ3n) is 4.13. The van der Waals surface area contributed by atoms with Crippen LogP contribution in [0.3, 0.4) is 0 Å². The zero-order chi connectivity index (χ0) is 22.4. The molecule has 0 unspecified atom stereocenters. The van der Waals surface area contributed by atoms with Gasteiger partial charge in [-0.25, -0.2) is 0 Å². The van der Waals surface area contributed by atoms with Crippen molar-refractivity contribution in [1.82, 2.24) is 0 Å². The minimum atomic E-state index is 0. The Morgan fingerprint density at radius 2 is 1.42 bits per heavy atom. The molecule has 2 heteroatoms. The summed E-state index contributed by atoms with van der Waals surface area (Å²) in [5, 5.41) is 2.70. The van der Waals surface area contributed by atoms with Gasteiger partial charge in [-0.1, -0.05) is 86.2 Å². The molecule has 1 nitrogen and oxygen atoms in total.